The number of amides is 1. The van der Waals surface area contributed by atoms with Gasteiger partial charge in [-0.25, -0.2) is 0 Å². The van der Waals surface area contributed by atoms with Crippen molar-refractivity contribution in [3.8, 4) is 5.75 Å². The van der Waals surface area contributed by atoms with Gasteiger partial charge in [0.05, 0.1) is 10.8 Å². The van der Waals surface area contributed by atoms with E-state index in [1.165, 1.54) is 11.8 Å². The van der Waals surface area contributed by atoms with Gasteiger partial charge in [0, 0.05) is 18.1 Å². The second-order valence-corrected chi connectivity index (χ2v) is 8.34. The Morgan fingerprint density at radius 1 is 1.17 bits per heavy atom. The SMILES string of the molecule is CCn1c(COc2cc(C)ccc2Cl)nnc1SCC(=O)NCc1ccc(Cl)cc1. The normalized spacial score (nSPS) is 10.8. The molecule has 0 saturated heterocycles. The van der Waals surface area contributed by atoms with Crippen LogP contribution in [0.15, 0.2) is 47.6 Å². The molecular formula is C21H22Cl2N4O2S. The zero-order chi connectivity index (χ0) is 21.5. The summed E-state index contributed by atoms with van der Waals surface area (Å²) < 4.78 is 7.76. The molecule has 0 fully saturated rings. The molecule has 2 aromatic carbocycles. The van der Waals surface area contributed by atoms with Gasteiger partial charge in [-0.1, -0.05) is 53.2 Å². The number of hydrogen-bond acceptors (Lipinski definition) is 5. The highest BCUT2D eigenvalue weighted by atomic mass is 35.5. The molecule has 3 rings (SSSR count). The van der Waals surface area contributed by atoms with Crippen molar-refractivity contribution in [2.24, 2.45) is 0 Å². The van der Waals surface area contributed by atoms with Crippen molar-refractivity contribution < 1.29 is 9.53 Å². The first-order valence-electron chi connectivity index (χ1n) is 9.41. The number of thioether (sulfide) groups is 1. The molecule has 158 valence electrons. The molecule has 0 bridgehead atoms. The Bertz CT molecular complexity index is 1010. The van der Waals surface area contributed by atoms with E-state index in [4.69, 9.17) is 27.9 Å². The summed E-state index contributed by atoms with van der Waals surface area (Å²) in [5.74, 6) is 1.46. The smallest absolute Gasteiger partial charge is 0.230 e. The van der Waals surface area contributed by atoms with Gasteiger partial charge < -0.3 is 14.6 Å². The van der Waals surface area contributed by atoms with Gasteiger partial charge in [-0.2, -0.15) is 0 Å². The van der Waals surface area contributed by atoms with Crippen LogP contribution in [0.5, 0.6) is 5.75 Å². The first-order chi connectivity index (χ1) is 14.5. The Kier molecular flexibility index (Phi) is 8.01. The van der Waals surface area contributed by atoms with E-state index in [1.54, 1.807) is 18.2 Å². The van der Waals surface area contributed by atoms with E-state index < -0.39 is 0 Å². The topological polar surface area (TPSA) is 69.0 Å². The Hall–Kier alpha value is -2.22. The zero-order valence-corrected chi connectivity index (χ0v) is 19.0. The van der Waals surface area contributed by atoms with E-state index in [0.717, 1.165) is 11.1 Å². The van der Waals surface area contributed by atoms with Crippen LogP contribution in [0.3, 0.4) is 0 Å². The minimum Gasteiger partial charge on any atom is -0.484 e. The van der Waals surface area contributed by atoms with E-state index in [0.29, 0.717) is 39.9 Å². The molecule has 1 heterocycles. The summed E-state index contributed by atoms with van der Waals surface area (Å²) in [5, 5.41) is 13.2. The molecule has 0 atom stereocenters. The number of benzene rings is 2. The summed E-state index contributed by atoms with van der Waals surface area (Å²) in [5.41, 5.74) is 2.05. The van der Waals surface area contributed by atoms with Gasteiger partial charge in [0.2, 0.25) is 5.91 Å². The van der Waals surface area contributed by atoms with Crippen molar-refractivity contribution in [1.82, 2.24) is 20.1 Å². The molecule has 30 heavy (non-hydrogen) atoms. The second-order valence-electron chi connectivity index (χ2n) is 6.56. The lowest BCUT2D eigenvalue weighted by molar-refractivity contribution is -0.118. The van der Waals surface area contributed by atoms with Crippen molar-refractivity contribution in [2.75, 3.05) is 5.75 Å². The van der Waals surface area contributed by atoms with Gasteiger partial charge in [-0.05, 0) is 49.2 Å². The lowest BCUT2D eigenvalue weighted by atomic mass is 10.2. The highest BCUT2D eigenvalue weighted by Crippen LogP contribution is 2.26. The standard InChI is InChI=1S/C21H22Cl2N4O2S/c1-3-27-19(12-29-18-10-14(2)4-9-17(18)23)25-26-21(27)30-13-20(28)24-11-15-5-7-16(22)8-6-15/h4-10H,3,11-13H2,1-2H3,(H,24,28). The number of hydrogen-bond donors (Lipinski definition) is 1. The Labute approximate surface area is 189 Å². The number of carbonyl (C=O) groups is 1. The lowest BCUT2D eigenvalue weighted by Crippen LogP contribution is -2.24. The van der Waals surface area contributed by atoms with Crippen molar-refractivity contribution >= 4 is 40.9 Å². The van der Waals surface area contributed by atoms with Crippen LogP contribution in [0, 0.1) is 6.92 Å². The number of nitrogens with one attached hydrogen (secondary N) is 1. The van der Waals surface area contributed by atoms with Gasteiger partial charge in [0.15, 0.2) is 11.0 Å². The number of aryl methyl sites for hydroxylation is 1. The maximum absolute atomic E-state index is 12.2. The molecule has 0 aliphatic heterocycles. The summed E-state index contributed by atoms with van der Waals surface area (Å²) in [6, 6.07) is 13.0. The van der Waals surface area contributed by atoms with Crippen LogP contribution in [0.1, 0.15) is 23.9 Å². The maximum Gasteiger partial charge on any atom is 0.230 e. The first kappa shape index (κ1) is 22.5. The van der Waals surface area contributed by atoms with Gasteiger partial charge in [-0.3, -0.25) is 4.79 Å². The number of halogens is 2. The Balaban J connectivity index is 1.54. The van der Waals surface area contributed by atoms with Crippen molar-refractivity contribution in [2.45, 2.75) is 38.7 Å². The minimum atomic E-state index is -0.0788. The molecule has 0 aliphatic rings. The number of ether oxygens (including phenoxy) is 1. The van der Waals surface area contributed by atoms with E-state index in [-0.39, 0.29) is 18.3 Å². The van der Waals surface area contributed by atoms with Crippen LogP contribution in [0.4, 0.5) is 0 Å². The molecule has 6 nitrogen and oxygen atoms in total. The maximum atomic E-state index is 12.2. The summed E-state index contributed by atoms with van der Waals surface area (Å²) in [6.45, 7) is 5.34. The molecule has 3 aromatic rings. The predicted molar refractivity (Wildman–Crippen MR) is 120 cm³/mol. The molecule has 0 saturated carbocycles. The van der Waals surface area contributed by atoms with Crippen molar-refractivity contribution in [1.29, 1.82) is 0 Å². The average Bonchev–Trinajstić information content (AvgIpc) is 3.14. The molecule has 1 N–H and O–H groups in total. The van der Waals surface area contributed by atoms with Crippen molar-refractivity contribution in [3.05, 3.63) is 69.5 Å². The van der Waals surface area contributed by atoms with E-state index in [9.17, 15) is 4.79 Å². The average molecular weight is 465 g/mol. The number of rotatable bonds is 9. The van der Waals surface area contributed by atoms with Gasteiger partial charge >= 0.3 is 0 Å². The van der Waals surface area contributed by atoms with Crippen LogP contribution in [-0.4, -0.2) is 26.4 Å². The first-order valence-corrected chi connectivity index (χ1v) is 11.2. The van der Waals surface area contributed by atoms with Crippen LogP contribution in [0.2, 0.25) is 10.0 Å². The molecular weight excluding hydrogens is 443 g/mol. The number of aromatic nitrogens is 3. The van der Waals surface area contributed by atoms with E-state index in [1.807, 2.05) is 42.7 Å². The van der Waals surface area contributed by atoms with E-state index >= 15 is 0 Å². The fourth-order valence-electron chi connectivity index (χ4n) is 2.70. The van der Waals surface area contributed by atoms with Crippen LogP contribution >= 0.6 is 35.0 Å². The minimum absolute atomic E-state index is 0.0788. The molecule has 0 radical (unpaired) electrons. The van der Waals surface area contributed by atoms with Crippen LogP contribution in [-0.2, 0) is 24.5 Å². The second kappa shape index (κ2) is 10.7. The third kappa shape index (κ3) is 6.14. The summed E-state index contributed by atoms with van der Waals surface area (Å²) >= 11 is 13.4. The fraction of sp³-hybridized carbons (Fsp3) is 0.286. The molecule has 1 amide bonds. The predicted octanol–water partition coefficient (Wildman–Crippen LogP) is 4.90. The molecule has 0 spiro atoms. The fourth-order valence-corrected chi connectivity index (χ4v) is 3.85. The van der Waals surface area contributed by atoms with Crippen molar-refractivity contribution in [3.63, 3.8) is 0 Å². The van der Waals surface area contributed by atoms with E-state index in [2.05, 4.69) is 15.5 Å². The van der Waals surface area contributed by atoms with Gasteiger partial charge in [-0.15, -0.1) is 10.2 Å². The summed E-state index contributed by atoms with van der Waals surface area (Å²) in [6.07, 6.45) is 0. The number of carbonyl (C=O) groups excluding carboxylic acids is 1. The number of nitrogens with zero attached hydrogens (tertiary/aromatic N) is 3. The Morgan fingerprint density at radius 2 is 1.93 bits per heavy atom. The third-order valence-corrected chi connectivity index (χ3v) is 5.82. The monoisotopic (exact) mass is 464 g/mol. The Morgan fingerprint density at radius 3 is 2.67 bits per heavy atom. The molecule has 9 heteroatoms. The largest absolute Gasteiger partial charge is 0.484 e. The van der Waals surface area contributed by atoms with Crippen LogP contribution in [0.25, 0.3) is 0 Å². The molecule has 1 aromatic heterocycles. The summed E-state index contributed by atoms with van der Waals surface area (Å²) in [4.78, 5) is 12.2. The van der Waals surface area contributed by atoms with Crippen LogP contribution < -0.4 is 10.1 Å². The summed E-state index contributed by atoms with van der Waals surface area (Å²) in [7, 11) is 0. The quantitative estimate of drug-likeness (QED) is 0.456. The lowest BCUT2D eigenvalue weighted by Gasteiger charge is -2.10. The van der Waals surface area contributed by atoms with Gasteiger partial charge in [0.1, 0.15) is 12.4 Å². The zero-order valence-electron chi connectivity index (χ0n) is 16.7. The highest BCUT2D eigenvalue weighted by Gasteiger charge is 2.14. The third-order valence-electron chi connectivity index (χ3n) is 4.29. The molecule has 0 aliphatic carbocycles. The highest BCUT2D eigenvalue weighted by molar-refractivity contribution is 7.99. The molecule has 0 unspecified atom stereocenters. The van der Waals surface area contributed by atoms with Gasteiger partial charge in [0.25, 0.3) is 0 Å².